The predicted molar refractivity (Wildman–Crippen MR) is 78.6 cm³/mol. The van der Waals surface area contributed by atoms with Crippen LogP contribution >= 0.6 is 12.4 Å². The highest BCUT2D eigenvalue weighted by molar-refractivity contribution is 5.85. The molecule has 2 rings (SSSR count). The minimum Gasteiger partial charge on any atom is -0.366 e. The van der Waals surface area contributed by atoms with Gasteiger partial charge in [-0.15, -0.1) is 12.4 Å². The molecule has 2 heterocycles. The third kappa shape index (κ3) is 4.62. The molecule has 0 aromatic carbocycles. The Labute approximate surface area is 122 Å². The van der Waals surface area contributed by atoms with Crippen LogP contribution < -0.4 is 5.32 Å². The normalized spacial score (nSPS) is 28.7. The second kappa shape index (κ2) is 8.08. The SMILES string of the molecule is CC(C)C1CCCN(C(=O)C2CNCCO2)CC1.Cl. The van der Waals surface area contributed by atoms with Crippen LogP contribution in [-0.2, 0) is 9.53 Å². The number of ether oxygens (including phenoxy) is 1. The van der Waals surface area contributed by atoms with E-state index in [9.17, 15) is 4.79 Å². The van der Waals surface area contributed by atoms with Gasteiger partial charge in [-0.05, 0) is 31.1 Å². The van der Waals surface area contributed by atoms with Crippen LogP contribution in [0.4, 0.5) is 0 Å². The third-order valence-corrected chi connectivity index (χ3v) is 4.23. The van der Waals surface area contributed by atoms with E-state index in [4.69, 9.17) is 4.74 Å². The Hall–Kier alpha value is -0.320. The van der Waals surface area contributed by atoms with Gasteiger partial charge >= 0.3 is 0 Å². The molecule has 19 heavy (non-hydrogen) atoms. The van der Waals surface area contributed by atoms with Crippen LogP contribution in [0, 0.1) is 11.8 Å². The molecule has 0 aromatic heterocycles. The van der Waals surface area contributed by atoms with Crippen LogP contribution in [0.25, 0.3) is 0 Å². The number of nitrogens with zero attached hydrogens (tertiary/aromatic N) is 1. The fraction of sp³-hybridized carbons (Fsp3) is 0.929. The molecule has 0 spiro atoms. The van der Waals surface area contributed by atoms with Crippen LogP contribution in [0.2, 0.25) is 0 Å². The van der Waals surface area contributed by atoms with E-state index >= 15 is 0 Å². The van der Waals surface area contributed by atoms with E-state index < -0.39 is 0 Å². The maximum absolute atomic E-state index is 12.3. The highest BCUT2D eigenvalue weighted by atomic mass is 35.5. The molecule has 2 fully saturated rings. The zero-order chi connectivity index (χ0) is 13.0. The number of hydrogen-bond donors (Lipinski definition) is 1. The van der Waals surface area contributed by atoms with Gasteiger partial charge in [0, 0.05) is 26.2 Å². The van der Waals surface area contributed by atoms with Gasteiger partial charge in [0.2, 0.25) is 0 Å². The van der Waals surface area contributed by atoms with E-state index in [0.29, 0.717) is 13.2 Å². The second-order valence-corrected chi connectivity index (χ2v) is 5.82. The molecule has 4 nitrogen and oxygen atoms in total. The van der Waals surface area contributed by atoms with Crippen molar-refractivity contribution in [2.75, 3.05) is 32.8 Å². The van der Waals surface area contributed by atoms with Crippen molar-refractivity contribution >= 4 is 18.3 Å². The first-order valence-corrected chi connectivity index (χ1v) is 7.29. The molecule has 5 heteroatoms. The largest absolute Gasteiger partial charge is 0.366 e. The minimum absolute atomic E-state index is 0. The summed E-state index contributed by atoms with van der Waals surface area (Å²) < 4.78 is 5.55. The van der Waals surface area contributed by atoms with Crippen molar-refractivity contribution < 1.29 is 9.53 Å². The van der Waals surface area contributed by atoms with Crippen LogP contribution in [0.3, 0.4) is 0 Å². The van der Waals surface area contributed by atoms with E-state index in [0.717, 1.165) is 44.3 Å². The molecule has 2 unspecified atom stereocenters. The molecule has 2 atom stereocenters. The molecule has 2 aliphatic rings. The molecule has 0 aromatic rings. The molecular formula is C14H27ClN2O2. The lowest BCUT2D eigenvalue weighted by Gasteiger charge is -2.29. The quantitative estimate of drug-likeness (QED) is 0.841. The van der Waals surface area contributed by atoms with Crippen molar-refractivity contribution in [1.29, 1.82) is 0 Å². The highest BCUT2D eigenvalue weighted by Gasteiger charge is 2.29. The van der Waals surface area contributed by atoms with Crippen molar-refractivity contribution in [3.05, 3.63) is 0 Å². The van der Waals surface area contributed by atoms with E-state index in [1.807, 2.05) is 4.90 Å². The number of morpholine rings is 1. The van der Waals surface area contributed by atoms with E-state index in [1.165, 1.54) is 6.42 Å². The van der Waals surface area contributed by atoms with Gasteiger partial charge in [-0.3, -0.25) is 4.79 Å². The Kier molecular flexibility index (Phi) is 7.11. The standard InChI is InChI=1S/C14H26N2O2.ClH/c1-11(2)12-4-3-7-16(8-5-12)14(17)13-10-15-6-9-18-13;/h11-13,15H,3-10H2,1-2H3;1H. The summed E-state index contributed by atoms with van der Waals surface area (Å²) in [6.07, 6.45) is 3.28. The summed E-state index contributed by atoms with van der Waals surface area (Å²) >= 11 is 0. The molecule has 1 amide bonds. The first-order chi connectivity index (χ1) is 8.68. The smallest absolute Gasteiger partial charge is 0.253 e. The fourth-order valence-electron chi connectivity index (χ4n) is 2.94. The van der Waals surface area contributed by atoms with Crippen molar-refractivity contribution in [2.24, 2.45) is 11.8 Å². The summed E-state index contributed by atoms with van der Waals surface area (Å²) in [5.41, 5.74) is 0. The molecule has 112 valence electrons. The second-order valence-electron chi connectivity index (χ2n) is 5.82. The van der Waals surface area contributed by atoms with Crippen LogP contribution in [0.5, 0.6) is 0 Å². The molecule has 1 N–H and O–H groups in total. The first kappa shape index (κ1) is 16.7. The van der Waals surface area contributed by atoms with Crippen LogP contribution in [0.1, 0.15) is 33.1 Å². The van der Waals surface area contributed by atoms with Crippen molar-refractivity contribution in [3.63, 3.8) is 0 Å². The van der Waals surface area contributed by atoms with Gasteiger partial charge < -0.3 is 15.0 Å². The zero-order valence-corrected chi connectivity index (χ0v) is 12.9. The maximum Gasteiger partial charge on any atom is 0.253 e. The number of halogens is 1. The summed E-state index contributed by atoms with van der Waals surface area (Å²) in [6, 6.07) is 0. The average molecular weight is 291 g/mol. The monoisotopic (exact) mass is 290 g/mol. The summed E-state index contributed by atoms with van der Waals surface area (Å²) in [5.74, 6) is 1.69. The van der Waals surface area contributed by atoms with E-state index in [2.05, 4.69) is 19.2 Å². The Morgan fingerprint density at radius 2 is 2.11 bits per heavy atom. The van der Waals surface area contributed by atoms with Gasteiger partial charge in [-0.2, -0.15) is 0 Å². The van der Waals surface area contributed by atoms with Gasteiger partial charge in [-0.25, -0.2) is 0 Å². The van der Waals surface area contributed by atoms with Crippen LogP contribution in [0.15, 0.2) is 0 Å². The average Bonchev–Trinajstić information content (AvgIpc) is 2.64. The predicted octanol–water partition coefficient (Wildman–Crippen LogP) is 1.68. The molecule has 2 aliphatic heterocycles. The number of rotatable bonds is 2. The summed E-state index contributed by atoms with van der Waals surface area (Å²) in [5, 5.41) is 3.22. The number of likely N-dealkylation sites (tertiary alicyclic amines) is 1. The number of carbonyl (C=O) groups excluding carboxylic acids is 1. The van der Waals surface area contributed by atoms with Gasteiger partial charge in [0.15, 0.2) is 0 Å². The van der Waals surface area contributed by atoms with Gasteiger partial charge in [0.1, 0.15) is 6.10 Å². The minimum atomic E-state index is -0.255. The topological polar surface area (TPSA) is 41.6 Å². The summed E-state index contributed by atoms with van der Waals surface area (Å²) in [6.45, 7) is 8.57. The Bertz CT molecular complexity index is 281. The molecule has 0 saturated carbocycles. The lowest BCUT2D eigenvalue weighted by atomic mass is 9.89. The number of carbonyl (C=O) groups is 1. The molecular weight excluding hydrogens is 264 g/mol. The Balaban J connectivity index is 0.00000180. The highest BCUT2D eigenvalue weighted by Crippen LogP contribution is 2.25. The van der Waals surface area contributed by atoms with Gasteiger partial charge in [-0.1, -0.05) is 13.8 Å². The summed E-state index contributed by atoms with van der Waals surface area (Å²) in [4.78, 5) is 14.4. The summed E-state index contributed by atoms with van der Waals surface area (Å²) in [7, 11) is 0. The number of hydrogen-bond acceptors (Lipinski definition) is 3. The van der Waals surface area contributed by atoms with Gasteiger partial charge in [0.25, 0.3) is 5.91 Å². The van der Waals surface area contributed by atoms with E-state index in [1.54, 1.807) is 0 Å². The molecule has 0 bridgehead atoms. The molecule has 2 saturated heterocycles. The Morgan fingerprint density at radius 3 is 2.74 bits per heavy atom. The van der Waals surface area contributed by atoms with E-state index in [-0.39, 0.29) is 24.4 Å². The first-order valence-electron chi connectivity index (χ1n) is 7.29. The van der Waals surface area contributed by atoms with Crippen molar-refractivity contribution in [1.82, 2.24) is 10.2 Å². The fourth-order valence-corrected chi connectivity index (χ4v) is 2.94. The van der Waals surface area contributed by atoms with Crippen LogP contribution in [-0.4, -0.2) is 49.7 Å². The van der Waals surface area contributed by atoms with Crippen molar-refractivity contribution in [2.45, 2.75) is 39.2 Å². The zero-order valence-electron chi connectivity index (χ0n) is 12.1. The maximum atomic E-state index is 12.3. The third-order valence-electron chi connectivity index (χ3n) is 4.23. The molecule has 0 aliphatic carbocycles. The van der Waals surface area contributed by atoms with Crippen molar-refractivity contribution in [3.8, 4) is 0 Å². The van der Waals surface area contributed by atoms with Gasteiger partial charge in [0.05, 0.1) is 6.61 Å². The lowest BCUT2D eigenvalue weighted by molar-refractivity contribution is -0.145. The lowest BCUT2D eigenvalue weighted by Crippen LogP contribution is -2.49. The number of nitrogens with one attached hydrogen (secondary N) is 1. The number of amides is 1. The Morgan fingerprint density at radius 1 is 1.32 bits per heavy atom. The molecule has 0 radical (unpaired) electrons.